The van der Waals surface area contributed by atoms with Gasteiger partial charge < -0.3 is 14.6 Å². The maximum atomic E-state index is 11.0. The predicted octanol–water partition coefficient (Wildman–Crippen LogP) is 4.13. The number of nitro benzene ring substituents is 1. The van der Waals surface area contributed by atoms with Crippen molar-refractivity contribution in [2.24, 2.45) is 0 Å². The molecule has 4 aromatic rings. The third kappa shape index (κ3) is 4.80. The lowest BCUT2D eigenvalue weighted by molar-refractivity contribution is -0.384. The van der Waals surface area contributed by atoms with E-state index in [0.717, 1.165) is 38.6 Å². The zero-order valence-corrected chi connectivity index (χ0v) is 18.8. The maximum Gasteiger partial charge on any atom is 0.269 e. The number of anilines is 1. The van der Waals surface area contributed by atoms with Gasteiger partial charge in [-0.25, -0.2) is 0 Å². The van der Waals surface area contributed by atoms with Crippen molar-refractivity contribution in [1.29, 1.82) is 0 Å². The number of nitro groups is 1. The molecule has 0 aliphatic heterocycles. The fourth-order valence-corrected chi connectivity index (χ4v) is 3.66. The highest BCUT2D eigenvalue weighted by Crippen LogP contribution is 2.30. The Labute approximate surface area is 192 Å². The average molecular weight is 440 g/mol. The van der Waals surface area contributed by atoms with E-state index < -0.39 is 4.92 Å². The number of furan rings is 1. The summed E-state index contributed by atoms with van der Waals surface area (Å²) < 4.78 is 6.26. The minimum atomic E-state index is -0.407. The molecular formula is C27H25N3O3. The Bertz CT molecular complexity index is 1360. The Kier molecular flexibility index (Phi) is 6.26. The van der Waals surface area contributed by atoms with Crippen molar-refractivity contribution in [2.45, 2.75) is 0 Å². The molecule has 0 unspecified atom stereocenters. The second-order valence-corrected chi connectivity index (χ2v) is 7.84. The first-order valence-corrected chi connectivity index (χ1v) is 10.6. The van der Waals surface area contributed by atoms with E-state index in [0.29, 0.717) is 5.76 Å². The predicted molar refractivity (Wildman–Crippen MR) is 132 cm³/mol. The van der Waals surface area contributed by atoms with Crippen LogP contribution in [0, 0.1) is 10.1 Å². The summed E-state index contributed by atoms with van der Waals surface area (Å²) in [6, 6.07) is 26.8. The van der Waals surface area contributed by atoms with Gasteiger partial charge in [0.15, 0.2) is 0 Å². The van der Waals surface area contributed by atoms with Crippen LogP contribution in [0.15, 0.2) is 89.3 Å². The lowest BCUT2D eigenvalue weighted by atomic mass is 10.00. The van der Waals surface area contributed by atoms with Gasteiger partial charge in [-0.3, -0.25) is 10.1 Å². The van der Waals surface area contributed by atoms with Crippen LogP contribution in [0.25, 0.3) is 23.1 Å². The van der Waals surface area contributed by atoms with Gasteiger partial charge in [-0.2, -0.15) is 0 Å². The van der Waals surface area contributed by atoms with Gasteiger partial charge >= 0.3 is 0 Å². The molecule has 4 rings (SSSR count). The summed E-state index contributed by atoms with van der Waals surface area (Å²) in [6.07, 6.45) is 1.94. The third-order valence-electron chi connectivity index (χ3n) is 5.40. The van der Waals surface area contributed by atoms with E-state index in [1.165, 1.54) is 12.1 Å². The minimum absolute atomic E-state index is 0.0530. The molecule has 0 bridgehead atoms. The number of nitrogens with one attached hydrogen (secondary N) is 1. The normalized spacial score (nSPS) is 10.5. The molecule has 6 nitrogen and oxygen atoms in total. The maximum absolute atomic E-state index is 11.0. The number of hydrogen-bond acceptors (Lipinski definition) is 5. The molecular weight excluding hydrogens is 414 g/mol. The second-order valence-electron chi connectivity index (χ2n) is 7.84. The van der Waals surface area contributed by atoms with Crippen LogP contribution in [-0.4, -0.2) is 26.1 Å². The van der Waals surface area contributed by atoms with Crippen molar-refractivity contribution in [1.82, 2.24) is 5.32 Å². The van der Waals surface area contributed by atoms with Crippen LogP contribution in [0.4, 0.5) is 11.4 Å². The van der Waals surface area contributed by atoms with Gasteiger partial charge in [-0.15, -0.1) is 0 Å². The minimum Gasteiger partial charge on any atom is -0.456 e. The Morgan fingerprint density at radius 3 is 2.15 bits per heavy atom. The van der Waals surface area contributed by atoms with Crippen LogP contribution in [0.1, 0.15) is 11.3 Å². The van der Waals surface area contributed by atoms with E-state index in [1.54, 1.807) is 12.1 Å². The summed E-state index contributed by atoms with van der Waals surface area (Å²) in [5.74, 6) is 1.38. The highest BCUT2D eigenvalue weighted by Gasteiger charge is 2.14. The first kappa shape index (κ1) is 21.9. The molecule has 0 aliphatic carbocycles. The van der Waals surface area contributed by atoms with Gasteiger partial charge in [-0.1, -0.05) is 36.4 Å². The number of non-ortho nitro benzene ring substituents is 1. The van der Waals surface area contributed by atoms with Crippen molar-refractivity contribution in [3.05, 3.63) is 117 Å². The van der Waals surface area contributed by atoms with Crippen molar-refractivity contribution < 1.29 is 9.34 Å². The average Bonchev–Trinajstić information content (AvgIpc) is 3.31. The molecule has 0 amide bonds. The van der Waals surface area contributed by atoms with Crippen LogP contribution in [0.2, 0.25) is 0 Å². The number of benzene rings is 3. The van der Waals surface area contributed by atoms with E-state index in [-0.39, 0.29) is 5.69 Å². The van der Waals surface area contributed by atoms with Crippen LogP contribution >= 0.6 is 0 Å². The SMILES string of the molecule is CNC=c1ccc(=C(c2ccc(N(C)C)cc2)c2ccc(-c3ccc([N+](=O)[O-])cc3)o2)cc1. The van der Waals surface area contributed by atoms with E-state index in [9.17, 15) is 10.1 Å². The quantitative estimate of drug-likeness (QED) is 0.361. The van der Waals surface area contributed by atoms with E-state index >= 15 is 0 Å². The van der Waals surface area contributed by atoms with Crippen molar-refractivity contribution in [2.75, 3.05) is 26.0 Å². The third-order valence-corrected chi connectivity index (χ3v) is 5.40. The Hall–Kier alpha value is -4.32. The molecule has 1 N–H and O–H groups in total. The van der Waals surface area contributed by atoms with Gasteiger partial charge in [0.05, 0.1) is 4.92 Å². The summed E-state index contributed by atoms with van der Waals surface area (Å²) in [6.45, 7) is 0. The van der Waals surface area contributed by atoms with E-state index in [4.69, 9.17) is 4.42 Å². The van der Waals surface area contributed by atoms with Gasteiger partial charge in [0, 0.05) is 56.3 Å². The van der Waals surface area contributed by atoms with Crippen LogP contribution in [-0.2, 0) is 0 Å². The first-order valence-electron chi connectivity index (χ1n) is 10.6. The highest BCUT2D eigenvalue weighted by atomic mass is 16.6. The van der Waals surface area contributed by atoms with Crippen molar-refractivity contribution in [3.8, 4) is 11.3 Å². The molecule has 1 heterocycles. The molecule has 3 aromatic carbocycles. The zero-order valence-electron chi connectivity index (χ0n) is 18.8. The van der Waals surface area contributed by atoms with E-state index in [1.807, 2.05) is 39.5 Å². The zero-order chi connectivity index (χ0) is 23.4. The molecule has 0 radical (unpaired) electrons. The highest BCUT2D eigenvalue weighted by molar-refractivity contribution is 5.78. The molecule has 0 saturated carbocycles. The second kappa shape index (κ2) is 9.44. The molecule has 0 spiro atoms. The lowest BCUT2D eigenvalue weighted by Crippen LogP contribution is -2.14. The summed E-state index contributed by atoms with van der Waals surface area (Å²) in [4.78, 5) is 12.6. The molecule has 1 aromatic heterocycles. The topological polar surface area (TPSA) is 71.5 Å². The largest absolute Gasteiger partial charge is 0.456 e. The molecule has 6 heteroatoms. The fraction of sp³-hybridized carbons (Fsp3) is 0.111. The number of hydrogen-bond donors (Lipinski definition) is 1. The van der Waals surface area contributed by atoms with Gasteiger partial charge in [0.2, 0.25) is 0 Å². The monoisotopic (exact) mass is 439 g/mol. The standard InChI is InChI=1S/C27H25N3O3/c1-28-18-19-4-6-21(7-5-19)27(22-10-12-23(13-11-22)29(2)3)26-17-16-25(33-26)20-8-14-24(15-9-20)30(31)32/h4-18,28H,1-3H3. The smallest absolute Gasteiger partial charge is 0.269 e. The molecule has 33 heavy (non-hydrogen) atoms. The lowest BCUT2D eigenvalue weighted by Gasteiger charge is -2.13. The molecule has 0 aliphatic rings. The van der Waals surface area contributed by atoms with Gasteiger partial charge in [0.25, 0.3) is 5.69 Å². The Morgan fingerprint density at radius 2 is 1.58 bits per heavy atom. The first-order chi connectivity index (χ1) is 16.0. The number of nitrogens with zero attached hydrogens (tertiary/aromatic N) is 2. The Balaban J connectivity index is 1.83. The summed E-state index contributed by atoms with van der Waals surface area (Å²) in [5, 5.41) is 16.1. The van der Waals surface area contributed by atoms with Crippen LogP contribution < -0.4 is 20.7 Å². The summed E-state index contributed by atoms with van der Waals surface area (Å²) in [7, 11) is 5.90. The Morgan fingerprint density at radius 1 is 0.909 bits per heavy atom. The molecule has 166 valence electrons. The van der Waals surface area contributed by atoms with Crippen molar-refractivity contribution >= 4 is 23.1 Å². The van der Waals surface area contributed by atoms with Gasteiger partial charge in [-0.05, 0) is 52.4 Å². The summed E-state index contributed by atoms with van der Waals surface area (Å²) >= 11 is 0. The summed E-state index contributed by atoms with van der Waals surface area (Å²) in [5.41, 5.74) is 3.97. The number of rotatable bonds is 6. The van der Waals surface area contributed by atoms with Crippen LogP contribution in [0.3, 0.4) is 0 Å². The van der Waals surface area contributed by atoms with Gasteiger partial charge in [0.1, 0.15) is 11.5 Å². The molecule has 0 atom stereocenters. The molecule has 0 saturated heterocycles. The molecule has 0 fully saturated rings. The van der Waals surface area contributed by atoms with E-state index in [2.05, 4.69) is 58.7 Å². The van der Waals surface area contributed by atoms with Crippen LogP contribution in [0.5, 0.6) is 0 Å². The fourth-order valence-electron chi connectivity index (χ4n) is 3.66. The van der Waals surface area contributed by atoms with Crippen molar-refractivity contribution in [3.63, 3.8) is 0 Å².